The van der Waals surface area contributed by atoms with Crippen molar-refractivity contribution in [3.8, 4) is 11.4 Å². The lowest BCUT2D eigenvalue weighted by atomic mass is 10.1. The lowest BCUT2D eigenvalue weighted by molar-refractivity contribution is 1.18. The van der Waals surface area contributed by atoms with Gasteiger partial charge >= 0.3 is 0 Å². The number of rotatable bonds is 3. The molecular weight excluding hydrogens is 308 g/mol. The molecule has 0 unspecified atom stereocenters. The van der Waals surface area contributed by atoms with Crippen LogP contribution >= 0.6 is 0 Å². The van der Waals surface area contributed by atoms with Gasteiger partial charge in [-0.2, -0.15) is 0 Å². The van der Waals surface area contributed by atoms with Gasteiger partial charge in [0.15, 0.2) is 11.5 Å². The van der Waals surface area contributed by atoms with Crippen LogP contribution in [0.1, 0.15) is 6.92 Å². The summed E-state index contributed by atoms with van der Waals surface area (Å²) in [4.78, 5) is 13.7. The molecule has 1 aliphatic carbocycles. The zero-order valence-electron chi connectivity index (χ0n) is 13.8. The molecule has 0 saturated carbocycles. The Hall–Kier alpha value is -3.49. The first-order chi connectivity index (χ1) is 12.2. The van der Waals surface area contributed by atoms with E-state index in [2.05, 4.69) is 27.6 Å². The Morgan fingerprint density at radius 1 is 1.04 bits per heavy atom. The van der Waals surface area contributed by atoms with Gasteiger partial charge in [-0.25, -0.2) is 15.0 Å². The summed E-state index contributed by atoms with van der Waals surface area (Å²) < 4.78 is 0. The predicted molar refractivity (Wildman–Crippen MR) is 101 cm³/mol. The Labute approximate surface area is 146 Å². The molecule has 3 aromatic rings. The summed E-state index contributed by atoms with van der Waals surface area (Å²) in [6, 6.07) is 13.7. The van der Waals surface area contributed by atoms with E-state index >= 15 is 0 Å². The summed E-state index contributed by atoms with van der Waals surface area (Å²) in [5, 5.41) is 4.22. The number of nitrogens with one attached hydrogen (secondary N) is 1. The number of nitrogens with zero attached hydrogens (tertiary/aromatic N) is 3. The average Bonchev–Trinajstić information content (AvgIpc) is 2.65. The first kappa shape index (κ1) is 15.1. The van der Waals surface area contributed by atoms with E-state index in [1.165, 1.54) is 0 Å². The first-order valence-electron chi connectivity index (χ1n) is 8.00. The van der Waals surface area contributed by atoms with Crippen LogP contribution in [-0.2, 0) is 0 Å². The van der Waals surface area contributed by atoms with E-state index in [9.17, 15) is 0 Å². The topological polar surface area (TPSA) is 50.7 Å². The molecule has 120 valence electrons. The average molecular weight is 324 g/mol. The molecule has 0 spiro atoms. The molecule has 1 N–H and O–H groups in total. The molecule has 0 saturated heterocycles. The van der Waals surface area contributed by atoms with Crippen LogP contribution < -0.4 is 5.32 Å². The summed E-state index contributed by atoms with van der Waals surface area (Å²) in [5.41, 5.74) is 7.70. The molecule has 0 fully saturated rings. The van der Waals surface area contributed by atoms with Crippen LogP contribution in [-0.4, -0.2) is 15.0 Å². The Kier molecular flexibility index (Phi) is 3.73. The van der Waals surface area contributed by atoms with Gasteiger partial charge in [0.2, 0.25) is 0 Å². The summed E-state index contributed by atoms with van der Waals surface area (Å²) in [6.07, 6.45) is 5.62. The van der Waals surface area contributed by atoms with E-state index in [1.54, 1.807) is 6.20 Å². The van der Waals surface area contributed by atoms with Crippen molar-refractivity contribution in [3.63, 3.8) is 0 Å². The second-order valence-corrected chi connectivity index (χ2v) is 5.82. The Bertz CT molecular complexity index is 1070. The third-order valence-corrected chi connectivity index (χ3v) is 4.03. The fourth-order valence-electron chi connectivity index (χ4n) is 2.60. The van der Waals surface area contributed by atoms with Gasteiger partial charge in [-0.05, 0) is 42.4 Å². The molecule has 4 rings (SSSR count). The second-order valence-electron chi connectivity index (χ2n) is 5.82. The number of benzene rings is 1. The van der Waals surface area contributed by atoms with E-state index in [4.69, 9.17) is 4.98 Å². The molecule has 0 aliphatic heterocycles. The van der Waals surface area contributed by atoms with Crippen molar-refractivity contribution in [2.24, 2.45) is 0 Å². The molecule has 0 atom stereocenters. The number of hydrogen-bond donors (Lipinski definition) is 1. The maximum absolute atomic E-state index is 4.72. The van der Waals surface area contributed by atoms with Crippen LogP contribution in [0.4, 0.5) is 5.82 Å². The van der Waals surface area contributed by atoms with Crippen LogP contribution in [0.5, 0.6) is 0 Å². The highest BCUT2D eigenvalue weighted by Gasteiger charge is 2.11. The molecule has 25 heavy (non-hydrogen) atoms. The Balaban J connectivity index is 1.85. The fraction of sp³-hybridized carbons (Fsp3) is 0.0476. The van der Waals surface area contributed by atoms with Crippen molar-refractivity contribution >= 4 is 16.9 Å². The zero-order valence-corrected chi connectivity index (χ0v) is 13.8. The summed E-state index contributed by atoms with van der Waals surface area (Å²) >= 11 is 0. The van der Waals surface area contributed by atoms with Crippen LogP contribution in [0.15, 0.2) is 90.0 Å². The van der Waals surface area contributed by atoms with E-state index < -0.39 is 0 Å². The van der Waals surface area contributed by atoms with Gasteiger partial charge in [-0.1, -0.05) is 42.6 Å². The molecule has 2 aromatic heterocycles. The van der Waals surface area contributed by atoms with Crippen LogP contribution in [0.2, 0.25) is 0 Å². The van der Waals surface area contributed by atoms with Crippen LogP contribution in [0, 0.1) is 0 Å². The minimum absolute atomic E-state index is 0.639. The van der Waals surface area contributed by atoms with Gasteiger partial charge in [-0.3, -0.25) is 0 Å². The third kappa shape index (κ3) is 2.99. The molecule has 0 bridgehead atoms. The smallest absolute Gasteiger partial charge is 0.165 e. The molecule has 1 aliphatic rings. The van der Waals surface area contributed by atoms with Crippen LogP contribution in [0.25, 0.3) is 22.4 Å². The molecular formula is C21H16N4. The third-order valence-electron chi connectivity index (χ3n) is 4.03. The molecule has 4 nitrogen and oxygen atoms in total. The Morgan fingerprint density at radius 3 is 2.68 bits per heavy atom. The number of hydrogen-bond acceptors (Lipinski definition) is 4. The molecule has 2 heterocycles. The highest BCUT2D eigenvalue weighted by Crippen LogP contribution is 2.25. The van der Waals surface area contributed by atoms with E-state index in [0.717, 1.165) is 27.8 Å². The Morgan fingerprint density at radius 2 is 1.88 bits per heavy atom. The first-order valence-corrected chi connectivity index (χ1v) is 8.00. The summed E-state index contributed by atoms with van der Waals surface area (Å²) in [6.45, 7) is 6.00. The number of fused-ring (bicyclic) bond motifs is 1. The maximum Gasteiger partial charge on any atom is 0.165 e. The number of anilines is 1. The number of allylic oxidation sites excluding steroid dienone is 3. The van der Waals surface area contributed by atoms with Gasteiger partial charge in [-0.15, -0.1) is 0 Å². The van der Waals surface area contributed by atoms with Crippen molar-refractivity contribution in [1.82, 2.24) is 15.0 Å². The van der Waals surface area contributed by atoms with Gasteiger partial charge in [0, 0.05) is 11.8 Å². The minimum Gasteiger partial charge on any atom is -0.333 e. The predicted octanol–water partition coefficient (Wildman–Crippen LogP) is 4.66. The van der Waals surface area contributed by atoms with Crippen LogP contribution in [0.3, 0.4) is 0 Å². The van der Waals surface area contributed by atoms with E-state index in [0.29, 0.717) is 17.3 Å². The van der Waals surface area contributed by atoms with E-state index in [-0.39, 0.29) is 0 Å². The van der Waals surface area contributed by atoms with Crippen molar-refractivity contribution in [2.45, 2.75) is 6.92 Å². The van der Waals surface area contributed by atoms with Gasteiger partial charge < -0.3 is 5.32 Å². The van der Waals surface area contributed by atoms with E-state index in [1.807, 2.05) is 61.5 Å². The molecule has 4 heteroatoms. The van der Waals surface area contributed by atoms with Gasteiger partial charge in [0.25, 0.3) is 0 Å². The minimum atomic E-state index is 0.639. The van der Waals surface area contributed by atoms with Crippen molar-refractivity contribution < 1.29 is 0 Å². The fourth-order valence-corrected chi connectivity index (χ4v) is 2.60. The standard InChI is InChI=1S/C21H16N4/c1-14-10-11-17(13-15(14)2)23-21-18-9-6-12-22-20(18)24-19(25-21)16-7-4-3-5-8-16/h3-10,12-13H,1H2,2H3,(H,22,23,24,25). The number of pyridine rings is 1. The lowest BCUT2D eigenvalue weighted by Gasteiger charge is -2.12. The van der Waals surface area contributed by atoms with Crippen molar-refractivity contribution in [3.05, 3.63) is 90.0 Å². The number of aromatic nitrogens is 3. The normalized spacial score (nSPS) is 13.6. The van der Waals surface area contributed by atoms with Crippen molar-refractivity contribution in [2.75, 3.05) is 5.32 Å². The summed E-state index contributed by atoms with van der Waals surface area (Å²) in [7, 11) is 0. The largest absolute Gasteiger partial charge is 0.333 e. The highest BCUT2D eigenvalue weighted by atomic mass is 15.1. The SMILES string of the molecule is C=C1C=C=C(Nc2nc(-c3ccccc3)nc3ncccc23)C=C1C. The molecule has 0 radical (unpaired) electrons. The molecule has 1 aromatic carbocycles. The maximum atomic E-state index is 4.72. The van der Waals surface area contributed by atoms with Crippen molar-refractivity contribution in [1.29, 1.82) is 0 Å². The lowest BCUT2D eigenvalue weighted by Crippen LogP contribution is -2.04. The zero-order chi connectivity index (χ0) is 17.2. The molecule has 0 amide bonds. The van der Waals surface area contributed by atoms with Gasteiger partial charge in [0.05, 0.1) is 11.1 Å². The highest BCUT2D eigenvalue weighted by molar-refractivity contribution is 5.89. The quantitative estimate of drug-likeness (QED) is 0.712. The summed E-state index contributed by atoms with van der Waals surface area (Å²) in [5.74, 6) is 1.35. The van der Waals surface area contributed by atoms with Gasteiger partial charge in [0.1, 0.15) is 5.82 Å². The monoisotopic (exact) mass is 324 g/mol. The second kappa shape index (κ2) is 6.19.